The first kappa shape index (κ1) is 17.8. The number of hydrogen-bond donors (Lipinski definition) is 2. The lowest BCUT2D eigenvalue weighted by Crippen LogP contribution is -2.42. The zero-order valence-corrected chi connectivity index (χ0v) is 13.8. The fraction of sp³-hybridized carbons (Fsp3) is 0.875. The summed E-state index contributed by atoms with van der Waals surface area (Å²) in [4.78, 5) is 24.2. The molecule has 2 N–H and O–H groups in total. The lowest BCUT2D eigenvalue weighted by molar-refractivity contribution is -0.141. The summed E-state index contributed by atoms with van der Waals surface area (Å²) in [5, 5.41) is 11.8. The number of aliphatic carboxylic acids is 1. The van der Waals surface area contributed by atoms with Gasteiger partial charge in [-0.3, -0.25) is 4.79 Å². The summed E-state index contributed by atoms with van der Waals surface area (Å²) < 4.78 is 0. The zero-order valence-electron chi connectivity index (χ0n) is 13.8. The Morgan fingerprint density at radius 1 is 1.19 bits per heavy atom. The quantitative estimate of drug-likeness (QED) is 0.792. The van der Waals surface area contributed by atoms with Crippen LogP contribution in [0.5, 0.6) is 0 Å². The standard InChI is InChI=1S/C16H30N2O3/c1-11(2)14-7-5-13(6-8-14)9-17-16(21)18(4)10-12(3)15(19)20/h11-14H,5-10H2,1-4H3,(H,17,21)(H,19,20). The third-order valence-corrected chi connectivity index (χ3v) is 4.69. The van der Waals surface area contributed by atoms with Crippen molar-refractivity contribution >= 4 is 12.0 Å². The second-order valence-corrected chi connectivity index (χ2v) is 6.83. The van der Waals surface area contributed by atoms with Crippen LogP contribution in [0.1, 0.15) is 46.5 Å². The largest absolute Gasteiger partial charge is 0.481 e. The van der Waals surface area contributed by atoms with E-state index in [1.54, 1.807) is 14.0 Å². The Morgan fingerprint density at radius 3 is 2.24 bits per heavy atom. The lowest BCUT2D eigenvalue weighted by atomic mass is 9.77. The Labute approximate surface area is 128 Å². The van der Waals surface area contributed by atoms with Gasteiger partial charge in [-0.15, -0.1) is 0 Å². The van der Waals surface area contributed by atoms with Gasteiger partial charge in [0.05, 0.1) is 5.92 Å². The summed E-state index contributed by atoms with van der Waals surface area (Å²) >= 11 is 0. The molecule has 1 rings (SSSR count). The van der Waals surface area contributed by atoms with Gasteiger partial charge in [-0.25, -0.2) is 4.79 Å². The molecule has 0 aromatic carbocycles. The predicted molar refractivity (Wildman–Crippen MR) is 83.1 cm³/mol. The van der Waals surface area contributed by atoms with Crippen molar-refractivity contribution in [3.05, 3.63) is 0 Å². The van der Waals surface area contributed by atoms with Crippen LogP contribution in [-0.4, -0.2) is 42.1 Å². The molecular formula is C16H30N2O3. The van der Waals surface area contributed by atoms with E-state index in [1.165, 1.54) is 30.6 Å². The molecule has 0 heterocycles. The Balaban J connectivity index is 2.26. The molecule has 1 unspecified atom stereocenters. The van der Waals surface area contributed by atoms with E-state index in [0.717, 1.165) is 11.8 Å². The minimum atomic E-state index is -0.873. The summed E-state index contributed by atoms with van der Waals surface area (Å²) in [6.07, 6.45) is 4.87. The van der Waals surface area contributed by atoms with Crippen molar-refractivity contribution in [2.45, 2.75) is 46.5 Å². The molecule has 0 spiro atoms. The van der Waals surface area contributed by atoms with Crippen molar-refractivity contribution in [2.24, 2.45) is 23.7 Å². The van der Waals surface area contributed by atoms with E-state index < -0.39 is 11.9 Å². The van der Waals surface area contributed by atoms with Gasteiger partial charge in [0.1, 0.15) is 0 Å². The van der Waals surface area contributed by atoms with Crippen LogP contribution in [0.25, 0.3) is 0 Å². The molecule has 5 heteroatoms. The average molecular weight is 298 g/mol. The van der Waals surface area contributed by atoms with Gasteiger partial charge in [0.15, 0.2) is 0 Å². The van der Waals surface area contributed by atoms with Crippen LogP contribution in [0, 0.1) is 23.7 Å². The zero-order chi connectivity index (χ0) is 16.0. The maximum atomic E-state index is 11.9. The maximum absolute atomic E-state index is 11.9. The van der Waals surface area contributed by atoms with E-state index >= 15 is 0 Å². The monoisotopic (exact) mass is 298 g/mol. The van der Waals surface area contributed by atoms with Crippen LogP contribution in [-0.2, 0) is 4.79 Å². The van der Waals surface area contributed by atoms with Gasteiger partial charge in [0, 0.05) is 20.1 Å². The van der Waals surface area contributed by atoms with E-state index in [4.69, 9.17) is 5.11 Å². The Kier molecular flexibility index (Phi) is 6.99. The summed E-state index contributed by atoms with van der Waals surface area (Å²) in [5.41, 5.74) is 0. The molecule has 1 aliphatic carbocycles. The second kappa shape index (κ2) is 8.25. The molecule has 1 atom stereocenters. The molecule has 0 bridgehead atoms. The predicted octanol–water partition coefficient (Wildman–Crippen LogP) is 2.81. The minimum Gasteiger partial charge on any atom is -0.481 e. The number of nitrogens with one attached hydrogen (secondary N) is 1. The Bertz CT molecular complexity index is 349. The van der Waals surface area contributed by atoms with E-state index in [0.29, 0.717) is 12.5 Å². The molecule has 0 aromatic rings. The molecular weight excluding hydrogens is 268 g/mol. The first-order valence-corrected chi connectivity index (χ1v) is 8.03. The van der Waals surface area contributed by atoms with Gasteiger partial charge in [-0.1, -0.05) is 20.8 Å². The van der Waals surface area contributed by atoms with Gasteiger partial charge in [-0.05, 0) is 43.4 Å². The molecule has 1 fully saturated rings. The van der Waals surface area contributed by atoms with Gasteiger partial charge < -0.3 is 15.3 Å². The average Bonchev–Trinajstić information content (AvgIpc) is 2.44. The fourth-order valence-electron chi connectivity index (χ4n) is 3.00. The van der Waals surface area contributed by atoms with Crippen molar-refractivity contribution in [3.8, 4) is 0 Å². The molecule has 0 aromatic heterocycles. The topological polar surface area (TPSA) is 69.6 Å². The highest BCUT2D eigenvalue weighted by molar-refractivity contribution is 5.75. The maximum Gasteiger partial charge on any atom is 0.317 e. The Hall–Kier alpha value is -1.26. The SMILES string of the molecule is CC(CN(C)C(=O)NCC1CCC(C(C)C)CC1)C(=O)O. The highest BCUT2D eigenvalue weighted by Gasteiger charge is 2.24. The molecule has 0 saturated heterocycles. The molecule has 122 valence electrons. The number of carbonyl (C=O) groups excluding carboxylic acids is 1. The van der Waals surface area contributed by atoms with Gasteiger partial charge in [0.25, 0.3) is 0 Å². The number of urea groups is 1. The first-order chi connectivity index (χ1) is 9.81. The van der Waals surface area contributed by atoms with E-state index in [1.807, 2.05) is 0 Å². The van der Waals surface area contributed by atoms with Gasteiger partial charge in [0.2, 0.25) is 0 Å². The molecule has 5 nitrogen and oxygen atoms in total. The number of nitrogens with zero attached hydrogens (tertiary/aromatic N) is 1. The fourth-order valence-corrected chi connectivity index (χ4v) is 3.00. The van der Waals surface area contributed by atoms with Crippen LogP contribution in [0.3, 0.4) is 0 Å². The van der Waals surface area contributed by atoms with Gasteiger partial charge >= 0.3 is 12.0 Å². The van der Waals surface area contributed by atoms with Crippen LogP contribution in [0.2, 0.25) is 0 Å². The van der Waals surface area contributed by atoms with E-state index in [9.17, 15) is 9.59 Å². The second-order valence-electron chi connectivity index (χ2n) is 6.83. The van der Waals surface area contributed by atoms with Crippen LogP contribution in [0.15, 0.2) is 0 Å². The van der Waals surface area contributed by atoms with Crippen LogP contribution in [0.4, 0.5) is 4.79 Å². The molecule has 0 radical (unpaired) electrons. The highest BCUT2D eigenvalue weighted by atomic mass is 16.4. The van der Waals surface area contributed by atoms with E-state index in [2.05, 4.69) is 19.2 Å². The summed E-state index contributed by atoms with van der Waals surface area (Å²) in [5.74, 6) is 0.735. The van der Waals surface area contributed by atoms with Crippen molar-refractivity contribution in [1.82, 2.24) is 10.2 Å². The third kappa shape index (κ3) is 5.94. The molecule has 1 saturated carbocycles. The Morgan fingerprint density at radius 2 is 1.76 bits per heavy atom. The van der Waals surface area contributed by atoms with Crippen molar-refractivity contribution in [3.63, 3.8) is 0 Å². The highest BCUT2D eigenvalue weighted by Crippen LogP contribution is 2.32. The third-order valence-electron chi connectivity index (χ3n) is 4.69. The number of carboxylic acid groups (broad SMARTS) is 1. The van der Waals surface area contributed by atoms with Crippen molar-refractivity contribution < 1.29 is 14.7 Å². The number of amides is 2. The number of hydrogen-bond acceptors (Lipinski definition) is 2. The van der Waals surface area contributed by atoms with Crippen LogP contribution >= 0.6 is 0 Å². The first-order valence-electron chi connectivity index (χ1n) is 8.03. The summed E-state index contributed by atoms with van der Waals surface area (Å²) in [7, 11) is 1.64. The van der Waals surface area contributed by atoms with E-state index in [-0.39, 0.29) is 12.6 Å². The molecule has 0 aliphatic heterocycles. The summed E-state index contributed by atoms with van der Waals surface area (Å²) in [6.45, 7) is 7.12. The van der Waals surface area contributed by atoms with Crippen molar-refractivity contribution in [2.75, 3.05) is 20.1 Å². The molecule has 1 aliphatic rings. The minimum absolute atomic E-state index is 0.172. The number of carboxylic acids is 1. The smallest absolute Gasteiger partial charge is 0.317 e. The molecule has 21 heavy (non-hydrogen) atoms. The molecule has 2 amide bonds. The van der Waals surface area contributed by atoms with Crippen molar-refractivity contribution in [1.29, 1.82) is 0 Å². The lowest BCUT2D eigenvalue weighted by Gasteiger charge is -2.31. The van der Waals surface area contributed by atoms with Gasteiger partial charge in [-0.2, -0.15) is 0 Å². The number of carbonyl (C=O) groups is 2. The number of rotatable bonds is 6. The summed E-state index contributed by atoms with van der Waals surface area (Å²) in [6, 6.07) is -0.172. The van der Waals surface area contributed by atoms with Crippen LogP contribution < -0.4 is 5.32 Å². The normalized spacial score (nSPS) is 23.7.